The Morgan fingerprint density at radius 3 is 2.48 bits per heavy atom. The molecule has 1 aliphatic rings. The zero-order valence-electron chi connectivity index (χ0n) is 14.8. The number of hydrogen-bond donors (Lipinski definition) is 1. The highest BCUT2D eigenvalue weighted by molar-refractivity contribution is 6.28. The third kappa shape index (κ3) is 5.27. The summed E-state index contributed by atoms with van der Waals surface area (Å²) in [4.78, 5) is 34.0. The Balaban J connectivity index is 2.42. The van der Waals surface area contributed by atoms with E-state index in [1.165, 1.54) is 18.1 Å². The molecule has 0 atom stereocenters. The molecular weight excluding hydrogens is 348 g/mol. The molecule has 2 rings (SSSR count). The molecule has 1 N–H and O–H groups in total. The molecule has 1 fully saturated rings. The molecular formula is C16H23ClN4O4. The van der Waals surface area contributed by atoms with Crippen LogP contribution < -0.4 is 10.2 Å². The zero-order chi connectivity index (χ0) is 18.6. The first-order chi connectivity index (χ1) is 11.7. The second-order valence-corrected chi connectivity index (χ2v) is 7.04. The van der Waals surface area contributed by atoms with Crippen molar-refractivity contribution >= 4 is 29.5 Å². The van der Waals surface area contributed by atoms with Crippen molar-refractivity contribution in [3.63, 3.8) is 0 Å². The van der Waals surface area contributed by atoms with Crippen LogP contribution in [-0.4, -0.2) is 53.9 Å². The van der Waals surface area contributed by atoms with E-state index < -0.39 is 17.7 Å². The van der Waals surface area contributed by atoms with Gasteiger partial charge in [-0.1, -0.05) is 0 Å². The van der Waals surface area contributed by atoms with Crippen molar-refractivity contribution in [1.82, 2.24) is 15.3 Å². The van der Waals surface area contributed by atoms with Gasteiger partial charge in [0.15, 0.2) is 5.69 Å². The van der Waals surface area contributed by atoms with Gasteiger partial charge in [0.2, 0.25) is 5.28 Å². The minimum Gasteiger partial charge on any atom is -0.464 e. The summed E-state index contributed by atoms with van der Waals surface area (Å²) in [7, 11) is 1.25. The molecule has 0 radical (unpaired) electrons. The van der Waals surface area contributed by atoms with Crippen LogP contribution in [0.25, 0.3) is 0 Å². The molecule has 0 aliphatic carbocycles. The van der Waals surface area contributed by atoms with Crippen LogP contribution in [0.2, 0.25) is 5.28 Å². The van der Waals surface area contributed by atoms with Gasteiger partial charge in [-0.25, -0.2) is 19.6 Å². The summed E-state index contributed by atoms with van der Waals surface area (Å²) in [5.74, 6) is -0.429. The first kappa shape index (κ1) is 19.4. The van der Waals surface area contributed by atoms with E-state index in [0.717, 1.165) is 25.9 Å². The van der Waals surface area contributed by atoms with Crippen LogP contribution in [0, 0.1) is 0 Å². The highest BCUT2D eigenvalue weighted by Gasteiger charge is 2.32. The minimum absolute atomic E-state index is 0.0139. The lowest BCUT2D eigenvalue weighted by Gasteiger charge is -2.35. The van der Waals surface area contributed by atoms with Gasteiger partial charge in [-0.05, 0) is 58.3 Å². The number of amides is 1. The monoisotopic (exact) mass is 370 g/mol. The summed E-state index contributed by atoms with van der Waals surface area (Å²) in [6.07, 6.45) is 0.924. The maximum atomic E-state index is 12.8. The molecule has 0 spiro atoms. The maximum Gasteiger partial charge on any atom is 0.416 e. The van der Waals surface area contributed by atoms with Gasteiger partial charge in [-0.3, -0.25) is 4.90 Å². The van der Waals surface area contributed by atoms with Crippen LogP contribution >= 0.6 is 11.6 Å². The van der Waals surface area contributed by atoms with Crippen molar-refractivity contribution in [3.8, 4) is 0 Å². The van der Waals surface area contributed by atoms with Crippen LogP contribution in [0.15, 0.2) is 6.07 Å². The van der Waals surface area contributed by atoms with E-state index in [0.29, 0.717) is 0 Å². The lowest BCUT2D eigenvalue weighted by Crippen LogP contribution is -2.48. The fourth-order valence-corrected chi connectivity index (χ4v) is 2.72. The SMILES string of the molecule is COC(=O)c1cc(N(C(=O)OC(C)(C)C)C2CCNCC2)nc(Cl)n1. The third-order valence-electron chi connectivity index (χ3n) is 3.59. The smallest absolute Gasteiger partial charge is 0.416 e. The molecule has 0 bridgehead atoms. The van der Waals surface area contributed by atoms with Crippen molar-refractivity contribution < 1.29 is 19.1 Å². The third-order valence-corrected chi connectivity index (χ3v) is 3.76. The average Bonchev–Trinajstić information content (AvgIpc) is 2.53. The summed E-state index contributed by atoms with van der Waals surface area (Å²) < 4.78 is 10.2. The summed E-state index contributed by atoms with van der Waals surface area (Å²) in [5.41, 5.74) is -0.676. The van der Waals surface area contributed by atoms with Crippen LogP contribution in [-0.2, 0) is 9.47 Å². The van der Waals surface area contributed by atoms with E-state index in [1.807, 2.05) is 0 Å². The highest BCUT2D eigenvalue weighted by atomic mass is 35.5. The van der Waals surface area contributed by atoms with E-state index in [-0.39, 0.29) is 22.8 Å². The van der Waals surface area contributed by atoms with Crippen molar-refractivity contribution in [2.24, 2.45) is 0 Å². The van der Waals surface area contributed by atoms with Crippen LogP contribution in [0.5, 0.6) is 0 Å². The fourth-order valence-electron chi connectivity index (χ4n) is 2.54. The van der Waals surface area contributed by atoms with E-state index in [9.17, 15) is 9.59 Å². The summed E-state index contributed by atoms with van der Waals surface area (Å²) >= 11 is 5.95. The number of anilines is 1. The van der Waals surface area contributed by atoms with Gasteiger partial charge in [0, 0.05) is 12.1 Å². The molecule has 0 unspecified atom stereocenters. The second-order valence-electron chi connectivity index (χ2n) is 6.70. The van der Waals surface area contributed by atoms with Crippen molar-refractivity contribution in [2.45, 2.75) is 45.3 Å². The first-order valence-corrected chi connectivity index (χ1v) is 8.45. The lowest BCUT2D eigenvalue weighted by molar-refractivity contribution is 0.0552. The molecule has 1 aliphatic heterocycles. The van der Waals surface area contributed by atoms with Gasteiger partial charge < -0.3 is 14.8 Å². The Morgan fingerprint density at radius 1 is 1.28 bits per heavy atom. The van der Waals surface area contributed by atoms with E-state index in [2.05, 4.69) is 20.0 Å². The Hall–Kier alpha value is -1.93. The first-order valence-electron chi connectivity index (χ1n) is 8.07. The molecule has 0 aromatic carbocycles. The van der Waals surface area contributed by atoms with Crippen molar-refractivity contribution in [2.75, 3.05) is 25.1 Å². The number of methoxy groups -OCH3 is 1. The van der Waals surface area contributed by atoms with E-state index >= 15 is 0 Å². The fraction of sp³-hybridized carbons (Fsp3) is 0.625. The number of hydrogen-bond acceptors (Lipinski definition) is 7. The minimum atomic E-state index is -0.662. The molecule has 8 nitrogen and oxygen atoms in total. The largest absolute Gasteiger partial charge is 0.464 e. The van der Waals surface area contributed by atoms with Crippen LogP contribution in [0.4, 0.5) is 10.6 Å². The van der Waals surface area contributed by atoms with E-state index in [1.54, 1.807) is 20.8 Å². The zero-order valence-corrected chi connectivity index (χ0v) is 15.6. The number of halogens is 1. The number of carbonyl (C=O) groups is 2. The Labute approximate surface area is 151 Å². The summed E-state index contributed by atoms with van der Waals surface area (Å²) in [5, 5.41) is 3.11. The van der Waals surface area contributed by atoms with E-state index in [4.69, 9.17) is 16.3 Å². The molecule has 2 heterocycles. The number of ether oxygens (including phenoxy) is 2. The molecule has 9 heteroatoms. The number of esters is 1. The second kappa shape index (κ2) is 7.97. The van der Waals surface area contributed by atoms with Gasteiger partial charge in [-0.15, -0.1) is 0 Å². The van der Waals surface area contributed by atoms with Gasteiger partial charge in [0.25, 0.3) is 0 Å². The van der Waals surface area contributed by atoms with Crippen molar-refractivity contribution in [1.29, 1.82) is 0 Å². The number of piperidine rings is 1. The van der Waals surface area contributed by atoms with Gasteiger partial charge in [0.05, 0.1) is 7.11 Å². The molecule has 0 saturated carbocycles. The Morgan fingerprint density at radius 2 is 1.92 bits per heavy atom. The number of carbonyl (C=O) groups excluding carboxylic acids is 2. The van der Waals surface area contributed by atoms with Crippen LogP contribution in [0.3, 0.4) is 0 Å². The molecule has 138 valence electrons. The van der Waals surface area contributed by atoms with Crippen LogP contribution in [0.1, 0.15) is 44.1 Å². The molecule has 1 saturated heterocycles. The predicted octanol–water partition coefficient (Wildman–Crippen LogP) is 2.41. The predicted molar refractivity (Wildman–Crippen MR) is 93.0 cm³/mol. The van der Waals surface area contributed by atoms with Gasteiger partial charge in [0.1, 0.15) is 11.4 Å². The highest BCUT2D eigenvalue weighted by Crippen LogP contribution is 2.25. The molecule has 25 heavy (non-hydrogen) atoms. The quantitative estimate of drug-likeness (QED) is 0.645. The Kier molecular flexibility index (Phi) is 6.18. The number of rotatable bonds is 3. The molecule has 1 aromatic heterocycles. The van der Waals surface area contributed by atoms with Gasteiger partial charge >= 0.3 is 12.1 Å². The van der Waals surface area contributed by atoms with Crippen molar-refractivity contribution in [3.05, 3.63) is 17.0 Å². The normalized spacial score (nSPS) is 15.6. The number of nitrogens with zero attached hydrogens (tertiary/aromatic N) is 3. The number of nitrogens with one attached hydrogen (secondary N) is 1. The number of aromatic nitrogens is 2. The summed E-state index contributed by atoms with van der Waals surface area (Å²) in [6.45, 7) is 6.91. The topological polar surface area (TPSA) is 93.7 Å². The summed E-state index contributed by atoms with van der Waals surface area (Å²) in [6, 6.07) is 1.27. The average molecular weight is 371 g/mol. The molecule has 1 amide bonds. The Bertz CT molecular complexity index is 642. The maximum absolute atomic E-state index is 12.8. The lowest BCUT2D eigenvalue weighted by atomic mass is 10.1. The molecule has 1 aromatic rings. The van der Waals surface area contributed by atoms with Gasteiger partial charge in [-0.2, -0.15) is 0 Å². The standard InChI is InChI=1S/C16H23ClN4O4/c1-16(2,3)25-15(23)21(10-5-7-18-8-6-10)12-9-11(13(22)24-4)19-14(17)20-12/h9-10,18H,5-8H2,1-4H3.